The van der Waals surface area contributed by atoms with Crippen LogP contribution >= 0.6 is 0 Å². The number of aliphatic hydroxyl groups is 1. The molecule has 0 saturated heterocycles. The lowest BCUT2D eigenvalue weighted by molar-refractivity contribution is 0.0326. The van der Waals surface area contributed by atoms with E-state index in [1.54, 1.807) is 0 Å². The Hall–Kier alpha value is -0.870. The van der Waals surface area contributed by atoms with Gasteiger partial charge in [-0.1, -0.05) is 13.8 Å². The summed E-state index contributed by atoms with van der Waals surface area (Å²) in [7, 11) is 0. The van der Waals surface area contributed by atoms with Gasteiger partial charge in [-0.2, -0.15) is 0 Å². The third kappa shape index (κ3) is 3.61. The molecule has 0 bridgehead atoms. The molecule has 4 heteroatoms. The van der Waals surface area contributed by atoms with Gasteiger partial charge in [-0.15, -0.1) is 0 Å². The number of nitrogens with one attached hydrogen (secondary N) is 1. The molecule has 0 amide bonds. The van der Waals surface area contributed by atoms with Crippen molar-refractivity contribution in [2.75, 3.05) is 13.1 Å². The molecule has 0 aliphatic heterocycles. The second-order valence-corrected chi connectivity index (χ2v) is 4.28. The quantitative estimate of drug-likeness (QED) is 0.688. The van der Waals surface area contributed by atoms with Gasteiger partial charge in [-0.05, 0) is 19.8 Å². The van der Waals surface area contributed by atoms with Crippen LogP contribution in [0.25, 0.3) is 0 Å². The minimum Gasteiger partial charge on any atom is -0.389 e. The summed E-state index contributed by atoms with van der Waals surface area (Å²) in [4.78, 5) is 4.16. The van der Waals surface area contributed by atoms with Crippen LogP contribution in [0.5, 0.6) is 0 Å². The van der Waals surface area contributed by atoms with Crippen LogP contribution in [-0.4, -0.2) is 33.3 Å². The summed E-state index contributed by atoms with van der Waals surface area (Å²) in [5.41, 5.74) is -0.552. The van der Waals surface area contributed by atoms with Crippen LogP contribution in [0.15, 0.2) is 12.4 Å². The molecule has 0 saturated carbocycles. The van der Waals surface area contributed by atoms with Gasteiger partial charge in [0.05, 0.1) is 5.60 Å². The van der Waals surface area contributed by atoms with Crippen molar-refractivity contribution in [1.29, 1.82) is 0 Å². The summed E-state index contributed by atoms with van der Waals surface area (Å²) in [6.45, 7) is 8.45. The molecule has 0 radical (unpaired) electrons. The molecule has 0 aliphatic carbocycles. The number of hydrogen-bond donors (Lipinski definition) is 2. The van der Waals surface area contributed by atoms with Gasteiger partial charge in [-0.25, -0.2) is 4.98 Å². The summed E-state index contributed by atoms with van der Waals surface area (Å²) < 4.78 is 2.10. The van der Waals surface area contributed by atoms with Crippen molar-refractivity contribution in [3.05, 3.63) is 18.2 Å². The fourth-order valence-corrected chi connectivity index (χ4v) is 1.66. The number of imidazole rings is 1. The van der Waals surface area contributed by atoms with Gasteiger partial charge >= 0.3 is 0 Å². The normalized spacial score (nSPS) is 12.0. The summed E-state index contributed by atoms with van der Waals surface area (Å²) in [6, 6.07) is 0. The lowest BCUT2D eigenvalue weighted by Crippen LogP contribution is -2.40. The van der Waals surface area contributed by atoms with Crippen LogP contribution in [0.4, 0.5) is 0 Å². The zero-order valence-electron chi connectivity index (χ0n) is 10.5. The predicted molar refractivity (Wildman–Crippen MR) is 65.4 cm³/mol. The highest BCUT2D eigenvalue weighted by atomic mass is 16.3. The minimum absolute atomic E-state index is 0.552. The Morgan fingerprint density at radius 2 is 2.12 bits per heavy atom. The molecule has 1 aromatic rings. The maximum atomic E-state index is 10.1. The standard InChI is InChI=1S/C12H23N3O/c1-4-12(16,5-2)10-13-6-8-15-9-7-14-11(15)3/h7,9,13,16H,4-6,8,10H2,1-3H3. The molecule has 2 N–H and O–H groups in total. The summed E-state index contributed by atoms with van der Waals surface area (Å²) in [5.74, 6) is 1.03. The Morgan fingerprint density at radius 1 is 1.44 bits per heavy atom. The van der Waals surface area contributed by atoms with E-state index >= 15 is 0 Å². The molecule has 0 fully saturated rings. The molecule has 1 heterocycles. The van der Waals surface area contributed by atoms with Crippen LogP contribution in [0.2, 0.25) is 0 Å². The molecule has 0 aromatic carbocycles. The molecular weight excluding hydrogens is 202 g/mol. The largest absolute Gasteiger partial charge is 0.389 e. The van der Waals surface area contributed by atoms with Gasteiger partial charge in [0.2, 0.25) is 0 Å². The zero-order valence-corrected chi connectivity index (χ0v) is 10.5. The first-order valence-electron chi connectivity index (χ1n) is 6.02. The first-order valence-corrected chi connectivity index (χ1v) is 6.02. The molecule has 92 valence electrons. The highest BCUT2D eigenvalue weighted by Gasteiger charge is 2.20. The van der Waals surface area contributed by atoms with Gasteiger partial charge < -0.3 is 15.0 Å². The fraction of sp³-hybridized carbons (Fsp3) is 0.750. The summed E-state index contributed by atoms with van der Waals surface area (Å²) in [6.07, 6.45) is 5.37. The van der Waals surface area contributed by atoms with Gasteiger partial charge in [-0.3, -0.25) is 0 Å². The number of aryl methyl sites for hydroxylation is 1. The second-order valence-electron chi connectivity index (χ2n) is 4.28. The Bertz CT molecular complexity index is 305. The van der Waals surface area contributed by atoms with Crippen molar-refractivity contribution in [3.8, 4) is 0 Å². The lowest BCUT2D eigenvalue weighted by Gasteiger charge is -2.25. The third-order valence-corrected chi connectivity index (χ3v) is 3.22. The van der Waals surface area contributed by atoms with E-state index in [1.165, 1.54) is 0 Å². The lowest BCUT2D eigenvalue weighted by atomic mass is 9.98. The second kappa shape index (κ2) is 6.01. The van der Waals surface area contributed by atoms with Crippen molar-refractivity contribution in [3.63, 3.8) is 0 Å². The molecule has 16 heavy (non-hydrogen) atoms. The first-order chi connectivity index (χ1) is 7.61. The first kappa shape index (κ1) is 13.2. The molecule has 1 aromatic heterocycles. The van der Waals surface area contributed by atoms with E-state index in [1.807, 2.05) is 33.2 Å². The van der Waals surface area contributed by atoms with E-state index < -0.39 is 5.60 Å². The number of hydrogen-bond acceptors (Lipinski definition) is 3. The Kier molecular flexibility index (Phi) is 4.96. The van der Waals surface area contributed by atoms with Crippen molar-refractivity contribution in [1.82, 2.24) is 14.9 Å². The van der Waals surface area contributed by atoms with Crippen molar-refractivity contribution < 1.29 is 5.11 Å². The van der Waals surface area contributed by atoms with E-state index in [0.29, 0.717) is 6.54 Å². The van der Waals surface area contributed by atoms with Crippen LogP contribution in [0.1, 0.15) is 32.5 Å². The zero-order chi connectivity index (χ0) is 12.0. The third-order valence-electron chi connectivity index (χ3n) is 3.22. The maximum absolute atomic E-state index is 10.1. The fourth-order valence-electron chi connectivity index (χ4n) is 1.66. The van der Waals surface area contributed by atoms with Crippen LogP contribution < -0.4 is 5.32 Å². The SMILES string of the molecule is CCC(O)(CC)CNCCn1ccnc1C. The molecule has 0 unspecified atom stereocenters. The summed E-state index contributed by atoms with van der Waals surface area (Å²) >= 11 is 0. The molecule has 0 spiro atoms. The van der Waals surface area contributed by atoms with Gasteiger partial charge in [0.15, 0.2) is 0 Å². The molecular formula is C12H23N3O. The Balaban J connectivity index is 2.24. The van der Waals surface area contributed by atoms with Gasteiger partial charge in [0.1, 0.15) is 5.82 Å². The Labute approximate surface area is 97.7 Å². The van der Waals surface area contributed by atoms with Crippen molar-refractivity contribution in [2.24, 2.45) is 0 Å². The van der Waals surface area contributed by atoms with E-state index in [4.69, 9.17) is 0 Å². The highest BCUT2D eigenvalue weighted by molar-refractivity contribution is 4.88. The van der Waals surface area contributed by atoms with Crippen LogP contribution in [-0.2, 0) is 6.54 Å². The predicted octanol–water partition coefficient (Wildman–Crippen LogP) is 1.33. The monoisotopic (exact) mass is 225 g/mol. The van der Waals surface area contributed by atoms with E-state index in [2.05, 4.69) is 14.9 Å². The van der Waals surface area contributed by atoms with Crippen LogP contribution in [0.3, 0.4) is 0 Å². The maximum Gasteiger partial charge on any atom is 0.105 e. The van der Waals surface area contributed by atoms with Crippen molar-refractivity contribution in [2.45, 2.75) is 45.8 Å². The number of nitrogens with zero attached hydrogens (tertiary/aromatic N) is 2. The van der Waals surface area contributed by atoms with E-state index in [9.17, 15) is 5.11 Å². The topological polar surface area (TPSA) is 50.1 Å². The average molecular weight is 225 g/mol. The molecule has 1 rings (SSSR count). The van der Waals surface area contributed by atoms with Crippen molar-refractivity contribution >= 4 is 0 Å². The van der Waals surface area contributed by atoms with Crippen LogP contribution in [0, 0.1) is 6.92 Å². The molecule has 0 aliphatic rings. The Morgan fingerprint density at radius 3 is 2.62 bits per heavy atom. The average Bonchev–Trinajstić information content (AvgIpc) is 2.70. The van der Waals surface area contributed by atoms with Gasteiger partial charge in [0.25, 0.3) is 0 Å². The summed E-state index contributed by atoms with van der Waals surface area (Å²) in [5, 5.41) is 13.4. The van der Waals surface area contributed by atoms with Gasteiger partial charge in [0, 0.05) is 32.0 Å². The highest BCUT2D eigenvalue weighted by Crippen LogP contribution is 2.12. The van der Waals surface area contributed by atoms with E-state index in [-0.39, 0.29) is 0 Å². The van der Waals surface area contributed by atoms with E-state index in [0.717, 1.165) is 31.8 Å². The smallest absolute Gasteiger partial charge is 0.105 e. The number of rotatable bonds is 7. The minimum atomic E-state index is -0.552. The molecule has 4 nitrogen and oxygen atoms in total. The molecule has 0 atom stereocenters. The number of aromatic nitrogens is 2.